The molecule has 0 unspecified atom stereocenters. The van der Waals surface area contributed by atoms with Crippen LogP contribution in [0.2, 0.25) is 5.02 Å². The summed E-state index contributed by atoms with van der Waals surface area (Å²) in [5, 5.41) is 11.8. The number of aromatic nitrogens is 2. The molecular weight excluding hydrogens is 388 g/mol. The number of hydrogen-bond acceptors (Lipinski definition) is 5. The van der Waals surface area contributed by atoms with Gasteiger partial charge < -0.3 is 9.73 Å². The van der Waals surface area contributed by atoms with Crippen LogP contribution < -0.4 is 5.32 Å². The van der Waals surface area contributed by atoms with Gasteiger partial charge in [0, 0.05) is 5.69 Å². The Hall–Kier alpha value is -2.70. The molecule has 0 aliphatic carbocycles. The van der Waals surface area contributed by atoms with Crippen LogP contribution in [0.25, 0.3) is 11.5 Å². The number of halogens is 1. The SMILES string of the molecule is CCCN(CC(=O)Nc1ccc(C)cc1C)Cc1nnc(-c2ccccc2Cl)o1. The molecule has 0 radical (unpaired) electrons. The van der Waals surface area contributed by atoms with Crippen LogP contribution in [0.3, 0.4) is 0 Å². The molecule has 0 fully saturated rings. The van der Waals surface area contributed by atoms with Crippen molar-refractivity contribution in [2.75, 3.05) is 18.4 Å². The molecule has 1 N–H and O–H groups in total. The van der Waals surface area contributed by atoms with Crippen LogP contribution in [0.5, 0.6) is 0 Å². The number of aryl methyl sites for hydroxylation is 2. The maximum absolute atomic E-state index is 12.6. The van der Waals surface area contributed by atoms with Crippen molar-refractivity contribution in [2.45, 2.75) is 33.7 Å². The average Bonchev–Trinajstić information content (AvgIpc) is 3.13. The van der Waals surface area contributed by atoms with Gasteiger partial charge in [0.15, 0.2) is 0 Å². The van der Waals surface area contributed by atoms with Crippen LogP contribution in [0.1, 0.15) is 30.4 Å². The van der Waals surface area contributed by atoms with E-state index in [1.54, 1.807) is 6.07 Å². The Morgan fingerprint density at radius 2 is 1.97 bits per heavy atom. The quantitative estimate of drug-likeness (QED) is 0.572. The zero-order valence-corrected chi connectivity index (χ0v) is 17.7. The third kappa shape index (κ3) is 5.65. The first-order valence-electron chi connectivity index (χ1n) is 9.63. The lowest BCUT2D eigenvalue weighted by atomic mass is 10.1. The second kappa shape index (κ2) is 9.67. The molecule has 0 bridgehead atoms. The molecule has 29 heavy (non-hydrogen) atoms. The number of hydrogen-bond donors (Lipinski definition) is 1. The summed E-state index contributed by atoms with van der Waals surface area (Å²) in [4.78, 5) is 14.5. The molecule has 1 heterocycles. The first kappa shape index (κ1) is 21.0. The van der Waals surface area contributed by atoms with Gasteiger partial charge in [0.2, 0.25) is 17.7 Å². The van der Waals surface area contributed by atoms with Crippen molar-refractivity contribution in [1.29, 1.82) is 0 Å². The lowest BCUT2D eigenvalue weighted by molar-refractivity contribution is -0.117. The zero-order valence-electron chi connectivity index (χ0n) is 16.9. The predicted molar refractivity (Wildman–Crippen MR) is 115 cm³/mol. The largest absolute Gasteiger partial charge is 0.419 e. The molecule has 0 saturated carbocycles. The summed E-state index contributed by atoms with van der Waals surface area (Å²) >= 11 is 6.20. The highest BCUT2D eigenvalue weighted by molar-refractivity contribution is 6.33. The molecule has 6 nitrogen and oxygen atoms in total. The number of benzene rings is 2. The summed E-state index contributed by atoms with van der Waals surface area (Å²) < 4.78 is 5.78. The lowest BCUT2D eigenvalue weighted by Crippen LogP contribution is -2.33. The fraction of sp³-hybridized carbons (Fsp3) is 0.318. The van der Waals surface area contributed by atoms with Gasteiger partial charge in [-0.1, -0.05) is 48.4 Å². The monoisotopic (exact) mass is 412 g/mol. The van der Waals surface area contributed by atoms with Crippen LogP contribution in [-0.2, 0) is 11.3 Å². The van der Waals surface area contributed by atoms with Gasteiger partial charge in [-0.2, -0.15) is 0 Å². The van der Waals surface area contributed by atoms with E-state index in [-0.39, 0.29) is 12.5 Å². The number of anilines is 1. The number of rotatable bonds is 8. The van der Waals surface area contributed by atoms with E-state index in [4.69, 9.17) is 16.0 Å². The van der Waals surface area contributed by atoms with Crippen molar-refractivity contribution in [2.24, 2.45) is 0 Å². The van der Waals surface area contributed by atoms with Gasteiger partial charge in [0.05, 0.1) is 23.7 Å². The number of nitrogens with one attached hydrogen (secondary N) is 1. The Morgan fingerprint density at radius 3 is 2.69 bits per heavy atom. The molecule has 1 amide bonds. The predicted octanol–water partition coefficient (Wildman–Crippen LogP) is 4.86. The first-order chi connectivity index (χ1) is 14.0. The number of carbonyl (C=O) groups is 1. The second-order valence-corrected chi connectivity index (χ2v) is 7.47. The summed E-state index contributed by atoms with van der Waals surface area (Å²) in [5.74, 6) is 0.755. The molecule has 0 aliphatic heterocycles. The fourth-order valence-electron chi connectivity index (χ4n) is 3.13. The minimum absolute atomic E-state index is 0.0729. The van der Waals surface area contributed by atoms with Crippen molar-refractivity contribution in [3.8, 4) is 11.5 Å². The van der Waals surface area contributed by atoms with Gasteiger partial charge in [0.1, 0.15) is 0 Å². The van der Waals surface area contributed by atoms with Crippen molar-refractivity contribution in [3.05, 3.63) is 64.5 Å². The Morgan fingerprint density at radius 1 is 1.17 bits per heavy atom. The Balaban J connectivity index is 1.66. The van der Waals surface area contributed by atoms with E-state index < -0.39 is 0 Å². The van der Waals surface area contributed by atoms with E-state index in [2.05, 4.69) is 22.4 Å². The highest BCUT2D eigenvalue weighted by Gasteiger charge is 2.17. The molecule has 3 aromatic rings. The van der Waals surface area contributed by atoms with Gasteiger partial charge in [-0.3, -0.25) is 9.69 Å². The Kier molecular flexibility index (Phi) is 7.01. The van der Waals surface area contributed by atoms with Gasteiger partial charge in [-0.15, -0.1) is 10.2 Å². The second-order valence-electron chi connectivity index (χ2n) is 7.06. The normalized spacial score (nSPS) is 11.1. The third-order valence-corrected chi connectivity index (χ3v) is 4.82. The average molecular weight is 413 g/mol. The highest BCUT2D eigenvalue weighted by atomic mass is 35.5. The van der Waals surface area contributed by atoms with Crippen molar-refractivity contribution >= 4 is 23.2 Å². The summed E-state index contributed by atoms with van der Waals surface area (Å²) in [5.41, 5.74) is 3.74. The minimum Gasteiger partial charge on any atom is -0.419 e. The molecule has 1 aromatic heterocycles. The zero-order chi connectivity index (χ0) is 20.8. The standard InChI is InChI=1S/C22H25ClN4O2/c1-4-11-27(13-20(28)24-19-10-9-15(2)12-16(19)3)14-21-25-26-22(29-21)17-7-5-6-8-18(17)23/h5-10,12H,4,11,13-14H2,1-3H3,(H,24,28). The van der Waals surface area contributed by atoms with Crippen molar-refractivity contribution in [1.82, 2.24) is 15.1 Å². The topological polar surface area (TPSA) is 71.3 Å². The molecule has 0 spiro atoms. The molecule has 152 valence electrons. The number of amides is 1. The van der Waals surface area contributed by atoms with Crippen LogP contribution in [0.4, 0.5) is 5.69 Å². The van der Waals surface area contributed by atoms with E-state index in [1.807, 2.05) is 55.1 Å². The maximum atomic E-state index is 12.6. The van der Waals surface area contributed by atoms with E-state index in [0.29, 0.717) is 28.9 Å². The molecule has 7 heteroatoms. The summed E-state index contributed by atoms with van der Waals surface area (Å²) in [6.07, 6.45) is 0.905. The van der Waals surface area contributed by atoms with Gasteiger partial charge >= 0.3 is 0 Å². The Bertz CT molecular complexity index is 986. The van der Waals surface area contributed by atoms with E-state index >= 15 is 0 Å². The Labute approximate surface area is 175 Å². The molecular formula is C22H25ClN4O2. The molecule has 3 rings (SSSR count). The molecule has 0 aliphatic rings. The number of nitrogens with zero attached hydrogens (tertiary/aromatic N) is 3. The highest BCUT2D eigenvalue weighted by Crippen LogP contribution is 2.26. The summed E-state index contributed by atoms with van der Waals surface area (Å²) in [7, 11) is 0. The minimum atomic E-state index is -0.0729. The van der Waals surface area contributed by atoms with Gasteiger partial charge in [0.25, 0.3) is 0 Å². The molecule has 0 atom stereocenters. The molecule has 2 aromatic carbocycles. The lowest BCUT2D eigenvalue weighted by Gasteiger charge is -2.19. The van der Waals surface area contributed by atoms with Gasteiger partial charge in [-0.25, -0.2) is 0 Å². The number of carbonyl (C=O) groups excluding carboxylic acids is 1. The fourth-order valence-corrected chi connectivity index (χ4v) is 3.35. The molecule has 0 saturated heterocycles. The summed E-state index contributed by atoms with van der Waals surface area (Å²) in [6, 6.07) is 13.3. The summed E-state index contributed by atoms with van der Waals surface area (Å²) in [6.45, 7) is 7.46. The first-order valence-corrected chi connectivity index (χ1v) is 10.0. The van der Waals surface area contributed by atoms with Gasteiger partial charge in [-0.05, 0) is 50.6 Å². The maximum Gasteiger partial charge on any atom is 0.249 e. The van der Waals surface area contributed by atoms with Crippen molar-refractivity contribution < 1.29 is 9.21 Å². The van der Waals surface area contributed by atoms with Crippen LogP contribution >= 0.6 is 11.6 Å². The van der Waals surface area contributed by atoms with Crippen LogP contribution in [0, 0.1) is 13.8 Å². The van der Waals surface area contributed by atoms with E-state index in [1.165, 1.54) is 5.56 Å². The van der Waals surface area contributed by atoms with E-state index in [9.17, 15) is 4.79 Å². The van der Waals surface area contributed by atoms with Crippen LogP contribution in [0.15, 0.2) is 46.9 Å². The van der Waals surface area contributed by atoms with Crippen LogP contribution in [-0.4, -0.2) is 34.1 Å². The third-order valence-electron chi connectivity index (χ3n) is 4.49. The smallest absolute Gasteiger partial charge is 0.249 e. The van der Waals surface area contributed by atoms with E-state index in [0.717, 1.165) is 24.2 Å². The van der Waals surface area contributed by atoms with Crippen molar-refractivity contribution in [3.63, 3.8) is 0 Å².